The van der Waals surface area contributed by atoms with Gasteiger partial charge >= 0.3 is 12.1 Å². The van der Waals surface area contributed by atoms with Crippen LogP contribution in [-0.2, 0) is 4.74 Å². The number of rotatable bonds is 8. The summed E-state index contributed by atoms with van der Waals surface area (Å²) in [5.41, 5.74) is 1.57. The second kappa shape index (κ2) is 18.2. The molecule has 0 saturated heterocycles. The monoisotopic (exact) mass is 693 g/mol. The van der Waals surface area contributed by atoms with Gasteiger partial charge in [0, 0.05) is 49.7 Å². The maximum atomic E-state index is 14.4. The maximum Gasteiger partial charge on any atom is 0.323 e. The number of methoxy groups -OCH3 is 1. The minimum atomic E-state index is -0.575. The molecule has 12 nitrogen and oxygen atoms in total. The Morgan fingerprint density at radius 2 is 1.64 bits per heavy atom. The molecule has 4 rings (SSSR count). The van der Waals surface area contributed by atoms with Crippen molar-refractivity contribution in [3.63, 3.8) is 0 Å². The summed E-state index contributed by atoms with van der Waals surface area (Å²) in [5.74, 6) is -0.0404. The summed E-state index contributed by atoms with van der Waals surface area (Å²) in [4.78, 5) is 43.4. The van der Waals surface area contributed by atoms with Crippen molar-refractivity contribution in [1.29, 1.82) is 0 Å². The van der Waals surface area contributed by atoms with Crippen molar-refractivity contribution in [3.05, 3.63) is 78.1 Å². The van der Waals surface area contributed by atoms with Crippen LogP contribution in [0, 0.1) is 11.7 Å². The van der Waals surface area contributed by atoms with Gasteiger partial charge < -0.3 is 45.1 Å². The first-order valence-electron chi connectivity index (χ1n) is 16.8. The zero-order chi connectivity index (χ0) is 36.2. The molecule has 4 N–H and O–H groups in total. The van der Waals surface area contributed by atoms with Crippen LogP contribution in [0.15, 0.2) is 66.7 Å². The molecule has 0 fully saturated rings. The van der Waals surface area contributed by atoms with Gasteiger partial charge in [-0.1, -0.05) is 6.92 Å². The lowest BCUT2D eigenvalue weighted by molar-refractivity contribution is -0.0115. The van der Waals surface area contributed by atoms with Crippen molar-refractivity contribution in [1.82, 2.24) is 9.80 Å². The summed E-state index contributed by atoms with van der Waals surface area (Å²) in [6.45, 7) is 6.26. The average molecular weight is 694 g/mol. The molecule has 13 heteroatoms. The average Bonchev–Trinajstić information content (AvgIpc) is 3.10. The van der Waals surface area contributed by atoms with Gasteiger partial charge in [-0.2, -0.15) is 0 Å². The first-order chi connectivity index (χ1) is 24.0. The lowest BCUT2D eigenvalue weighted by atomic mass is 10.0. The van der Waals surface area contributed by atoms with Crippen molar-refractivity contribution in [3.8, 4) is 11.5 Å². The number of amides is 5. The highest BCUT2D eigenvalue weighted by atomic mass is 19.1. The van der Waals surface area contributed by atoms with Gasteiger partial charge in [0.15, 0.2) is 0 Å². The molecule has 0 aliphatic carbocycles. The van der Waals surface area contributed by atoms with Crippen molar-refractivity contribution in [2.75, 3.05) is 56.4 Å². The molecule has 3 aromatic carbocycles. The van der Waals surface area contributed by atoms with Gasteiger partial charge in [-0.15, -0.1) is 0 Å². The highest BCUT2D eigenvalue weighted by molar-refractivity contribution is 6.02. The van der Waals surface area contributed by atoms with E-state index >= 15 is 0 Å². The van der Waals surface area contributed by atoms with Gasteiger partial charge in [0.1, 0.15) is 17.3 Å². The Morgan fingerprint density at radius 3 is 2.32 bits per heavy atom. The van der Waals surface area contributed by atoms with Crippen LogP contribution in [0.5, 0.6) is 11.5 Å². The van der Waals surface area contributed by atoms with E-state index in [9.17, 15) is 23.9 Å². The summed E-state index contributed by atoms with van der Waals surface area (Å²) < 4.78 is 31.1. The molecule has 0 aromatic heterocycles. The summed E-state index contributed by atoms with van der Waals surface area (Å²) >= 11 is 0. The van der Waals surface area contributed by atoms with Gasteiger partial charge in [-0.3, -0.25) is 4.79 Å². The van der Waals surface area contributed by atoms with Crippen LogP contribution in [0.3, 0.4) is 0 Å². The largest absolute Gasteiger partial charge is 0.497 e. The molecule has 1 aliphatic rings. The fourth-order valence-corrected chi connectivity index (χ4v) is 5.54. The number of halogens is 1. The van der Waals surface area contributed by atoms with Gasteiger partial charge in [0.05, 0.1) is 37.5 Å². The van der Waals surface area contributed by atoms with E-state index in [1.54, 1.807) is 73.3 Å². The van der Waals surface area contributed by atoms with Gasteiger partial charge in [-0.05, 0) is 99.8 Å². The molecule has 3 aromatic rings. The van der Waals surface area contributed by atoms with E-state index < -0.39 is 29.9 Å². The number of aliphatic hydroxyl groups excluding tert-OH is 1. The van der Waals surface area contributed by atoms with Crippen LogP contribution < -0.4 is 25.4 Å². The Bertz CT molecular complexity index is 1570. The third-order valence-electron chi connectivity index (χ3n) is 8.55. The minimum Gasteiger partial charge on any atom is -0.497 e. The molecule has 0 unspecified atom stereocenters. The zero-order valence-corrected chi connectivity index (χ0v) is 29.3. The Balaban J connectivity index is 1.56. The number of nitrogens with zero attached hydrogens (tertiary/aromatic N) is 2. The Kier molecular flexibility index (Phi) is 13.8. The van der Waals surface area contributed by atoms with Gasteiger partial charge in [0.2, 0.25) is 0 Å². The number of hydrogen-bond acceptors (Lipinski definition) is 7. The fraction of sp³-hybridized carbons (Fsp3) is 0.432. The summed E-state index contributed by atoms with van der Waals surface area (Å²) in [6.07, 6.45) is 1.64. The molecule has 0 spiro atoms. The standard InChI is InChI=1S/C37H48FN5O7/c1-24-21-43(25(2)23-44)35(45)32-20-30(40-36(46)39-28-11-9-27(38)10-12-28)15-18-33(32)50-26(3)8-6-7-19-49-34(24)22-42(4)37(47)41-29-13-16-31(48-5)17-14-29/h9-18,20,24-26,34,44H,6-8,19,21-23H2,1-5H3,(H,41,47)(H2,39,40,46)/t24-,25-,26-,34+/m1/s1. The number of aliphatic hydroxyl groups is 1. The topological polar surface area (TPSA) is 142 Å². The Hall–Kier alpha value is -4.88. The van der Waals surface area contributed by atoms with E-state index in [1.165, 1.54) is 24.3 Å². The molecule has 0 bridgehead atoms. The first kappa shape index (κ1) is 37.9. The van der Waals surface area contributed by atoms with Crippen LogP contribution in [0.25, 0.3) is 0 Å². The number of urea groups is 2. The predicted molar refractivity (Wildman–Crippen MR) is 191 cm³/mol. The van der Waals surface area contributed by atoms with E-state index in [0.717, 1.165) is 12.8 Å². The molecular weight excluding hydrogens is 645 g/mol. The summed E-state index contributed by atoms with van der Waals surface area (Å²) in [5, 5.41) is 18.5. The van der Waals surface area contributed by atoms with E-state index in [4.69, 9.17) is 14.2 Å². The van der Waals surface area contributed by atoms with Crippen LogP contribution in [0.4, 0.5) is 31.0 Å². The van der Waals surface area contributed by atoms with Crippen LogP contribution in [-0.4, -0.2) is 91.6 Å². The number of anilines is 3. The molecular formula is C37H48FN5O7. The van der Waals surface area contributed by atoms with Crippen molar-refractivity contribution >= 4 is 35.0 Å². The number of carbonyl (C=O) groups is 3. The second-order valence-corrected chi connectivity index (χ2v) is 12.6. The Morgan fingerprint density at radius 1 is 1.00 bits per heavy atom. The predicted octanol–water partition coefficient (Wildman–Crippen LogP) is 6.44. The van der Waals surface area contributed by atoms with Crippen LogP contribution >= 0.6 is 0 Å². The number of likely N-dealkylation sites (N-methyl/N-ethyl adjacent to an activating group) is 1. The Labute approximate surface area is 292 Å². The summed E-state index contributed by atoms with van der Waals surface area (Å²) in [7, 11) is 3.27. The molecule has 1 aliphatic heterocycles. The van der Waals surface area contributed by atoms with Crippen LogP contribution in [0.2, 0.25) is 0 Å². The first-order valence-corrected chi connectivity index (χ1v) is 16.8. The molecule has 1 heterocycles. The highest BCUT2D eigenvalue weighted by Gasteiger charge is 2.31. The van der Waals surface area contributed by atoms with Crippen LogP contribution in [0.1, 0.15) is 50.4 Å². The highest BCUT2D eigenvalue weighted by Crippen LogP contribution is 2.29. The van der Waals surface area contributed by atoms with Crippen molar-refractivity contribution in [2.45, 2.75) is 58.3 Å². The zero-order valence-electron chi connectivity index (χ0n) is 29.3. The smallest absolute Gasteiger partial charge is 0.323 e. The fourth-order valence-electron chi connectivity index (χ4n) is 5.54. The molecule has 0 saturated carbocycles. The normalized spacial score (nSPS) is 19.2. The molecule has 270 valence electrons. The summed E-state index contributed by atoms with van der Waals surface area (Å²) in [6, 6.07) is 15.8. The number of hydrogen-bond donors (Lipinski definition) is 4. The van der Waals surface area contributed by atoms with E-state index in [0.29, 0.717) is 41.6 Å². The van der Waals surface area contributed by atoms with E-state index in [1.807, 2.05) is 13.8 Å². The molecule has 0 radical (unpaired) electrons. The maximum absolute atomic E-state index is 14.4. The third-order valence-corrected chi connectivity index (χ3v) is 8.55. The third kappa shape index (κ3) is 10.8. The SMILES string of the molecule is COc1ccc(NC(=O)N(C)C[C@@H]2OCCCC[C@@H](C)Oc3ccc(NC(=O)Nc4ccc(F)cc4)cc3C(=O)N([C@H](C)CO)C[C@H]2C)cc1. The van der Waals surface area contributed by atoms with Gasteiger partial charge in [0.25, 0.3) is 5.91 Å². The quantitative estimate of drug-likeness (QED) is 0.213. The number of ether oxygens (including phenoxy) is 3. The number of nitrogens with one attached hydrogen (secondary N) is 3. The van der Waals surface area contributed by atoms with Crippen molar-refractivity contribution < 1.29 is 38.1 Å². The van der Waals surface area contributed by atoms with Gasteiger partial charge in [-0.25, -0.2) is 14.0 Å². The molecule has 50 heavy (non-hydrogen) atoms. The molecule has 4 atom stereocenters. The number of carbonyl (C=O) groups excluding carboxylic acids is 3. The van der Waals surface area contributed by atoms with Crippen molar-refractivity contribution in [2.24, 2.45) is 5.92 Å². The lowest BCUT2D eigenvalue weighted by Crippen LogP contribution is -2.48. The minimum absolute atomic E-state index is 0.205. The second-order valence-electron chi connectivity index (χ2n) is 12.6. The van der Waals surface area contributed by atoms with E-state index in [-0.39, 0.29) is 43.3 Å². The molecule has 5 amide bonds. The lowest BCUT2D eigenvalue weighted by Gasteiger charge is -2.35. The van der Waals surface area contributed by atoms with E-state index in [2.05, 4.69) is 16.0 Å². The number of fused-ring (bicyclic) bond motifs is 1. The number of benzene rings is 3.